The summed E-state index contributed by atoms with van der Waals surface area (Å²) in [6.45, 7) is 4.92. The Kier molecular flexibility index (Phi) is 5.10. The minimum atomic E-state index is -0.222. The highest BCUT2D eigenvalue weighted by molar-refractivity contribution is 5.43. The predicted octanol–water partition coefficient (Wildman–Crippen LogP) is 1.95. The molecule has 1 saturated heterocycles. The third kappa shape index (κ3) is 3.42. The standard InChI is InChI=1S/C14H22FN3O/c1-3-6-16-9-11-4-7-17-14(13(11)15)18(2)12-5-8-19-10-12/h4,7,12,16H,3,5-6,8-10H2,1-2H3. The Balaban J connectivity index is 2.09. The summed E-state index contributed by atoms with van der Waals surface area (Å²) in [6.07, 6.45) is 3.64. The van der Waals surface area contributed by atoms with Gasteiger partial charge in [-0.1, -0.05) is 6.92 Å². The van der Waals surface area contributed by atoms with E-state index in [2.05, 4.69) is 17.2 Å². The lowest BCUT2D eigenvalue weighted by molar-refractivity contribution is 0.193. The molecule has 0 aliphatic carbocycles. The molecule has 1 unspecified atom stereocenters. The molecule has 1 aromatic heterocycles. The highest BCUT2D eigenvalue weighted by Gasteiger charge is 2.24. The van der Waals surface area contributed by atoms with Gasteiger partial charge in [0.15, 0.2) is 11.6 Å². The van der Waals surface area contributed by atoms with Gasteiger partial charge < -0.3 is 15.0 Å². The second-order valence-corrected chi connectivity index (χ2v) is 4.91. The molecular formula is C14H22FN3O. The molecule has 106 valence electrons. The summed E-state index contributed by atoms with van der Waals surface area (Å²) < 4.78 is 19.8. The number of likely N-dealkylation sites (N-methyl/N-ethyl adjacent to an activating group) is 1. The molecule has 4 nitrogen and oxygen atoms in total. The van der Waals surface area contributed by atoms with Crippen LogP contribution in [0, 0.1) is 5.82 Å². The van der Waals surface area contributed by atoms with Gasteiger partial charge in [0.05, 0.1) is 12.6 Å². The van der Waals surface area contributed by atoms with E-state index in [0.29, 0.717) is 24.5 Å². The molecule has 1 aliphatic heterocycles. The van der Waals surface area contributed by atoms with E-state index in [0.717, 1.165) is 26.0 Å². The SMILES string of the molecule is CCCNCc1ccnc(N(C)C2CCOC2)c1F. The van der Waals surface area contributed by atoms with Crippen LogP contribution in [-0.2, 0) is 11.3 Å². The quantitative estimate of drug-likeness (QED) is 0.799. The minimum Gasteiger partial charge on any atom is -0.379 e. The smallest absolute Gasteiger partial charge is 0.170 e. The van der Waals surface area contributed by atoms with Gasteiger partial charge in [-0.05, 0) is 25.5 Å². The van der Waals surface area contributed by atoms with Gasteiger partial charge in [-0.15, -0.1) is 0 Å². The van der Waals surface area contributed by atoms with Crippen molar-refractivity contribution in [2.75, 3.05) is 31.7 Å². The number of pyridine rings is 1. The summed E-state index contributed by atoms with van der Waals surface area (Å²) in [5, 5.41) is 3.22. The molecule has 0 amide bonds. The maximum absolute atomic E-state index is 14.4. The predicted molar refractivity (Wildman–Crippen MR) is 73.8 cm³/mol. The van der Waals surface area contributed by atoms with Gasteiger partial charge in [0.1, 0.15) is 0 Å². The lowest BCUT2D eigenvalue weighted by Crippen LogP contribution is -2.33. The molecule has 5 heteroatoms. The maximum Gasteiger partial charge on any atom is 0.170 e. The minimum absolute atomic E-state index is 0.222. The van der Waals surface area contributed by atoms with E-state index < -0.39 is 0 Å². The normalized spacial score (nSPS) is 18.8. The van der Waals surface area contributed by atoms with Crippen molar-refractivity contribution in [3.8, 4) is 0 Å². The number of nitrogens with zero attached hydrogens (tertiary/aromatic N) is 2. The van der Waals surface area contributed by atoms with Gasteiger partial charge in [0, 0.05) is 32.0 Å². The fourth-order valence-corrected chi connectivity index (χ4v) is 2.25. The van der Waals surface area contributed by atoms with Crippen molar-refractivity contribution in [1.82, 2.24) is 10.3 Å². The number of anilines is 1. The molecule has 0 saturated carbocycles. The summed E-state index contributed by atoms with van der Waals surface area (Å²) in [5.41, 5.74) is 0.671. The average Bonchev–Trinajstić information content (AvgIpc) is 2.94. The first-order valence-corrected chi connectivity index (χ1v) is 6.88. The van der Waals surface area contributed by atoms with Gasteiger partial charge >= 0.3 is 0 Å². The van der Waals surface area contributed by atoms with Gasteiger partial charge in [0.2, 0.25) is 0 Å². The van der Waals surface area contributed by atoms with Crippen molar-refractivity contribution in [2.24, 2.45) is 0 Å². The van der Waals surface area contributed by atoms with E-state index in [-0.39, 0.29) is 11.9 Å². The first-order chi connectivity index (χ1) is 9.24. The second-order valence-electron chi connectivity index (χ2n) is 4.91. The molecule has 0 bridgehead atoms. The first kappa shape index (κ1) is 14.2. The van der Waals surface area contributed by atoms with Crippen molar-refractivity contribution in [3.63, 3.8) is 0 Å². The number of aromatic nitrogens is 1. The Morgan fingerprint density at radius 1 is 1.58 bits per heavy atom. The number of halogens is 1. The Bertz CT molecular complexity index is 408. The number of rotatable bonds is 6. The van der Waals surface area contributed by atoms with Crippen LogP contribution in [-0.4, -0.2) is 37.8 Å². The Labute approximate surface area is 114 Å². The van der Waals surface area contributed by atoms with Crippen LogP contribution in [0.1, 0.15) is 25.3 Å². The van der Waals surface area contributed by atoms with Gasteiger partial charge in [0.25, 0.3) is 0 Å². The van der Waals surface area contributed by atoms with Crippen LogP contribution in [0.5, 0.6) is 0 Å². The second kappa shape index (κ2) is 6.82. The van der Waals surface area contributed by atoms with E-state index in [1.807, 2.05) is 11.9 Å². The van der Waals surface area contributed by atoms with E-state index in [4.69, 9.17) is 4.74 Å². The largest absolute Gasteiger partial charge is 0.379 e. The van der Waals surface area contributed by atoms with Crippen molar-refractivity contribution in [3.05, 3.63) is 23.6 Å². The molecule has 1 N–H and O–H groups in total. The topological polar surface area (TPSA) is 37.4 Å². The third-order valence-electron chi connectivity index (χ3n) is 3.48. The van der Waals surface area contributed by atoms with Crippen LogP contribution in [0.4, 0.5) is 10.2 Å². The van der Waals surface area contributed by atoms with E-state index >= 15 is 0 Å². The highest BCUT2D eigenvalue weighted by atomic mass is 19.1. The lowest BCUT2D eigenvalue weighted by Gasteiger charge is -2.25. The number of hydrogen-bond donors (Lipinski definition) is 1. The molecule has 1 aromatic rings. The van der Waals surface area contributed by atoms with Gasteiger partial charge in [-0.25, -0.2) is 9.37 Å². The van der Waals surface area contributed by atoms with Crippen molar-refractivity contribution in [1.29, 1.82) is 0 Å². The maximum atomic E-state index is 14.4. The number of hydrogen-bond acceptors (Lipinski definition) is 4. The monoisotopic (exact) mass is 267 g/mol. The molecule has 1 atom stereocenters. The van der Waals surface area contributed by atoms with Gasteiger partial charge in [-0.2, -0.15) is 0 Å². The Morgan fingerprint density at radius 2 is 2.42 bits per heavy atom. The Morgan fingerprint density at radius 3 is 3.11 bits per heavy atom. The van der Waals surface area contributed by atoms with Crippen LogP contribution < -0.4 is 10.2 Å². The van der Waals surface area contributed by atoms with Crippen LogP contribution in [0.25, 0.3) is 0 Å². The van der Waals surface area contributed by atoms with E-state index in [1.165, 1.54) is 0 Å². The molecule has 1 aliphatic rings. The summed E-state index contributed by atoms with van der Waals surface area (Å²) in [5.74, 6) is 0.201. The molecule has 0 radical (unpaired) electrons. The summed E-state index contributed by atoms with van der Waals surface area (Å²) in [4.78, 5) is 6.07. The average molecular weight is 267 g/mol. The number of ether oxygens (including phenoxy) is 1. The first-order valence-electron chi connectivity index (χ1n) is 6.88. The molecule has 2 heterocycles. The van der Waals surface area contributed by atoms with Gasteiger partial charge in [-0.3, -0.25) is 0 Å². The third-order valence-corrected chi connectivity index (χ3v) is 3.48. The Hall–Kier alpha value is -1.20. The molecular weight excluding hydrogens is 245 g/mol. The zero-order valence-corrected chi connectivity index (χ0v) is 11.7. The van der Waals surface area contributed by atoms with Crippen LogP contribution in [0.3, 0.4) is 0 Å². The summed E-state index contributed by atoms with van der Waals surface area (Å²) in [6, 6.07) is 1.96. The fraction of sp³-hybridized carbons (Fsp3) is 0.643. The lowest BCUT2D eigenvalue weighted by atomic mass is 10.2. The molecule has 1 fully saturated rings. The van der Waals surface area contributed by atoms with Crippen LogP contribution in [0.2, 0.25) is 0 Å². The van der Waals surface area contributed by atoms with Crippen LogP contribution in [0.15, 0.2) is 12.3 Å². The van der Waals surface area contributed by atoms with E-state index in [9.17, 15) is 4.39 Å². The molecule has 0 spiro atoms. The molecule has 2 rings (SSSR count). The molecule has 19 heavy (non-hydrogen) atoms. The molecule has 0 aromatic carbocycles. The van der Waals surface area contributed by atoms with Crippen molar-refractivity contribution < 1.29 is 9.13 Å². The van der Waals surface area contributed by atoms with Crippen molar-refractivity contribution in [2.45, 2.75) is 32.4 Å². The van der Waals surface area contributed by atoms with E-state index in [1.54, 1.807) is 12.3 Å². The van der Waals surface area contributed by atoms with Crippen molar-refractivity contribution >= 4 is 5.82 Å². The van der Waals surface area contributed by atoms with Crippen LogP contribution >= 0.6 is 0 Å². The number of nitrogens with one attached hydrogen (secondary N) is 1. The summed E-state index contributed by atoms with van der Waals surface area (Å²) in [7, 11) is 1.88. The summed E-state index contributed by atoms with van der Waals surface area (Å²) >= 11 is 0. The fourth-order valence-electron chi connectivity index (χ4n) is 2.25. The highest BCUT2D eigenvalue weighted by Crippen LogP contribution is 2.23. The zero-order valence-electron chi connectivity index (χ0n) is 11.7. The zero-order chi connectivity index (χ0) is 13.7.